The van der Waals surface area contributed by atoms with E-state index in [9.17, 15) is 23.1 Å². The van der Waals surface area contributed by atoms with E-state index in [0.29, 0.717) is 29.7 Å². The highest BCUT2D eigenvalue weighted by Gasteiger charge is 2.36. The van der Waals surface area contributed by atoms with Crippen molar-refractivity contribution in [3.05, 3.63) is 58.8 Å². The molecule has 12 heteroatoms. The largest absolute Gasteiger partial charge is 0.391 e. The number of aryl methyl sites for hydroxylation is 1. The second kappa shape index (κ2) is 8.70. The molecule has 0 aliphatic carbocycles. The number of hydrogen-bond acceptors (Lipinski definition) is 7. The quantitative estimate of drug-likeness (QED) is 0.483. The molecule has 2 aromatic heterocycles. The van der Waals surface area contributed by atoms with Crippen LogP contribution in [-0.2, 0) is 17.9 Å². The van der Waals surface area contributed by atoms with Crippen molar-refractivity contribution in [3.63, 3.8) is 0 Å². The van der Waals surface area contributed by atoms with E-state index in [-0.39, 0.29) is 18.0 Å². The lowest BCUT2D eigenvalue weighted by atomic mass is 10.1. The lowest BCUT2D eigenvalue weighted by Crippen LogP contribution is -2.52. The molecular weight excluding hydrogens is 439 g/mol. The third-order valence-electron chi connectivity index (χ3n) is 5.32. The molecule has 3 aromatic rings. The summed E-state index contributed by atoms with van der Waals surface area (Å²) < 4.78 is 41.4. The van der Waals surface area contributed by atoms with Gasteiger partial charge in [-0.25, -0.2) is 18.2 Å². The number of halogens is 3. The van der Waals surface area contributed by atoms with E-state index in [4.69, 9.17) is 0 Å². The van der Waals surface area contributed by atoms with E-state index in [1.165, 1.54) is 11.6 Å². The molecule has 2 atom stereocenters. The number of fused-ring (bicyclic) bond motifs is 1. The normalized spacial score (nSPS) is 16.4. The lowest BCUT2D eigenvalue weighted by molar-refractivity contribution is -0.119. The van der Waals surface area contributed by atoms with Crippen LogP contribution in [0.15, 0.2) is 24.5 Å². The van der Waals surface area contributed by atoms with Gasteiger partial charge in [0.25, 0.3) is 0 Å². The van der Waals surface area contributed by atoms with E-state index < -0.39 is 29.6 Å². The zero-order chi connectivity index (χ0) is 23.9. The van der Waals surface area contributed by atoms with Crippen molar-refractivity contribution in [1.29, 1.82) is 0 Å². The smallest absolute Gasteiger partial charge is 0.249 e. The molecular formula is C21H22F3N7O2. The molecule has 0 unspecified atom stereocenters. The van der Waals surface area contributed by atoms with Gasteiger partial charge in [0.15, 0.2) is 23.3 Å². The van der Waals surface area contributed by atoms with Crippen molar-refractivity contribution in [1.82, 2.24) is 19.7 Å². The molecule has 174 valence electrons. The van der Waals surface area contributed by atoms with Crippen molar-refractivity contribution < 1.29 is 23.1 Å². The number of benzene rings is 1. The second-order valence-electron chi connectivity index (χ2n) is 7.89. The maximum Gasteiger partial charge on any atom is 0.249 e. The molecule has 0 saturated heterocycles. The number of hydrogen-bond donors (Lipinski definition) is 3. The molecule has 0 saturated carbocycles. The van der Waals surface area contributed by atoms with Gasteiger partial charge in [-0.15, -0.1) is 0 Å². The summed E-state index contributed by atoms with van der Waals surface area (Å²) in [6.07, 6.45) is 2.35. The number of carbonyl (C=O) groups excluding carboxylic acids is 1. The van der Waals surface area contributed by atoms with Gasteiger partial charge in [0, 0.05) is 25.4 Å². The minimum absolute atomic E-state index is 0.0633. The zero-order valence-electron chi connectivity index (χ0n) is 18.1. The first kappa shape index (κ1) is 22.5. The molecule has 33 heavy (non-hydrogen) atoms. The summed E-state index contributed by atoms with van der Waals surface area (Å²) in [7, 11) is 1.68. The van der Waals surface area contributed by atoms with Gasteiger partial charge in [0.2, 0.25) is 11.9 Å². The first-order valence-electron chi connectivity index (χ1n) is 10.1. The molecule has 3 heterocycles. The third-order valence-corrected chi connectivity index (χ3v) is 5.32. The van der Waals surface area contributed by atoms with Gasteiger partial charge in [-0.05, 0) is 31.5 Å². The Labute approximate surface area is 187 Å². The summed E-state index contributed by atoms with van der Waals surface area (Å²) in [4.78, 5) is 22.7. The van der Waals surface area contributed by atoms with Crippen LogP contribution in [0.1, 0.15) is 23.7 Å². The Morgan fingerprint density at radius 3 is 2.58 bits per heavy atom. The highest BCUT2D eigenvalue weighted by Crippen LogP contribution is 2.33. The van der Waals surface area contributed by atoms with Crippen molar-refractivity contribution in [2.75, 3.05) is 22.6 Å². The van der Waals surface area contributed by atoms with Crippen LogP contribution >= 0.6 is 0 Å². The van der Waals surface area contributed by atoms with Gasteiger partial charge in [-0.1, -0.05) is 0 Å². The van der Waals surface area contributed by atoms with E-state index in [1.54, 1.807) is 31.3 Å². The van der Waals surface area contributed by atoms with Crippen LogP contribution in [0.2, 0.25) is 0 Å². The number of aliphatic hydroxyl groups is 1. The molecule has 0 fully saturated rings. The summed E-state index contributed by atoms with van der Waals surface area (Å²) in [6.45, 7) is 3.64. The van der Waals surface area contributed by atoms with Gasteiger partial charge >= 0.3 is 0 Å². The average Bonchev–Trinajstić information content (AvgIpc) is 3.18. The minimum atomic E-state index is -1.51. The van der Waals surface area contributed by atoms with Crippen molar-refractivity contribution in [2.24, 2.45) is 0 Å². The van der Waals surface area contributed by atoms with E-state index in [2.05, 4.69) is 25.7 Å². The van der Waals surface area contributed by atoms with E-state index in [1.807, 2.05) is 0 Å². The van der Waals surface area contributed by atoms with Crippen LogP contribution in [0.5, 0.6) is 0 Å². The number of nitrogens with zero attached hydrogens (tertiary/aromatic N) is 5. The van der Waals surface area contributed by atoms with Crippen LogP contribution in [0.3, 0.4) is 0 Å². The Kier molecular flexibility index (Phi) is 5.93. The maximum atomic E-state index is 13.4. The Morgan fingerprint density at radius 2 is 1.91 bits per heavy atom. The number of amides is 1. The molecule has 0 radical (unpaired) electrons. The summed E-state index contributed by atoms with van der Waals surface area (Å²) in [5, 5.41) is 19.9. The topological polar surface area (TPSA) is 108 Å². The predicted octanol–water partition coefficient (Wildman–Crippen LogP) is 2.20. The summed E-state index contributed by atoms with van der Waals surface area (Å²) in [6, 6.07) is 1.08. The molecule has 1 aromatic carbocycles. The maximum absolute atomic E-state index is 13.4. The second-order valence-corrected chi connectivity index (χ2v) is 7.89. The Morgan fingerprint density at radius 1 is 1.21 bits per heavy atom. The number of aliphatic hydroxyl groups excluding tert-OH is 1. The molecule has 3 N–H and O–H groups in total. The first-order valence-corrected chi connectivity index (χ1v) is 10.1. The summed E-state index contributed by atoms with van der Waals surface area (Å²) in [5.41, 5.74) is 2.03. The monoisotopic (exact) mass is 461 g/mol. The van der Waals surface area contributed by atoms with Crippen molar-refractivity contribution >= 4 is 23.4 Å². The molecule has 0 spiro atoms. The Hall–Kier alpha value is -3.67. The third kappa shape index (κ3) is 4.46. The summed E-state index contributed by atoms with van der Waals surface area (Å²) in [5.74, 6) is -3.55. The number of likely N-dealkylation sites (N-methyl/N-ethyl adjacent to an activating group) is 1. The van der Waals surface area contributed by atoms with Gasteiger partial charge < -0.3 is 20.6 Å². The average molecular weight is 461 g/mol. The van der Waals surface area contributed by atoms with Crippen LogP contribution < -0.4 is 15.5 Å². The number of nitrogens with one attached hydrogen (secondary N) is 2. The SMILES string of the molecule is Cc1nc(NCc2cnn(Cc3cc(F)c(F)c(F)c3)c2)nc2c1NC(=O)[C@H]([C@H](C)O)N2C. The molecule has 1 aliphatic rings. The van der Waals surface area contributed by atoms with Gasteiger partial charge in [-0.3, -0.25) is 9.48 Å². The van der Waals surface area contributed by atoms with Crippen LogP contribution in [0, 0.1) is 24.4 Å². The zero-order valence-corrected chi connectivity index (χ0v) is 18.1. The Balaban J connectivity index is 1.47. The molecule has 4 rings (SSSR count). The number of rotatable bonds is 6. The molecule has 1 aliphatic heterocycles. The fourth-order valence-electron chi connectivity index (χ4n) is 3.74. The highest BCUT2D eigenvalue weighted by atomic mass is 19.2. The van der Waals surface area contributed by atoms with Crippen molar-refractivity contribution in [2.45, 2.75) is 39.1 Å². The number of aromatic nitrogens is 4. The number of carbonyl (C=O) groups is 1. The van der Waals surface area contributed by atoms with Gasteiger partial charge in [-0.2, -0.15) is 10.1 Å². The minimum Gasteiger partial charge on any atom is -0.391 e. The fourth-order valence-corrected chi connectivity index (χ4v) is 3.74. The van der Waals surface area contributed by atoms with Crippen molar-refractivity contribution in [3.8, 4) is 0 Å². The fraction of sp³-hybridized carbons (Fsp3) is 0.333. The number of anilines is 3. The predicted molar refractivity (Wildman–Crippen MR) is 114 cm³/mol. The van der Waals surface area contributed by atoms with E-state index in [0.717, 1.165) is 17.7 Å². The van der Waals surface area contributed by atoms with Crippen LogP contribution in [0.4, 0.5) is 30.6 Å². The standard InChI is InChI=1S/C21H22F3N7O2/c1-10-17-19(30(3)18(11(2)32)20(33)28-17)29-21(27-10)25-6-13-7-26-31(9-13)8-12-4-14(22)16(24)15(23)5-12/h4-5,7,9,11,18,32H,6,8H2,1-3H3,(H,28,33)(H,25,27,29)/t11-,18-/m0/s1. The first-order chi connectivity index (χ1) is 15.6. The molecule has 0 bridgehead atoms. The van der Waals surface area contributed by atoms with E-state index >= 15 is 0 Å². The molecule has 9 nitrogen and oxygen atoms in total. The van der Waals surface area contributed by atoms with Crippen LogP contribution in [0.25, 0.3) is 0 Å². The van der Waals surface area contributed by atoms with Crippen LogP contribution in [-0.4, -0.2) is 50.0 Å². The van der Waals surface area contributed by atoms with Gasteiger partial charge in [0.1, 0.15) is 11.7 Å². The van der Waals surface area contributed by atoms with Gasteiger partial charge in [0.05, 0.1) is 24.5 Å². The Bertz CT molecular complexity index is 1190. The highest BCUT2D eigenvalue weighted by molar-refractivity contribution is 6.03. The lowest BCUT2D eigenvalue weighted by Gasteiger charge is -2.36. The molecule has 1 amide bonds. The summed E-state index contributed by atoms with van der Waals surface area (Å²) >= 11 is 0.